The van der Waals surface area contributed by atoms with E-state index in [9.17, 15) is 9.59 Å². The highest BCUT2D eigenvalue weighted by Gasteiger charge is 2.24. The second-order valence-corrected chi connectivity index (χ2v) is 8.46. The molecule has 0 saturated heterocycles. The van der Waals surface area contributed by atoms with Crippen LogP contribution in [0.5, 0.6) is 5.75 Å². The van der Waals surface area contributed by atoms with Crippen LogP contribution in [-0.2, 0) is 25.6 Å². The second-order valence-electron chi connectivity index (χ2n) is 8.46. The van der Waals surface area contributed by atoms with Gasteiger partial charge < -0.3 is 14.2 Å². The van der Waals surface area contributed by atoms with E-state index in [0.29, 0.717) is 11.3 Å². The van der Waals surface area contributed by atoms with Gasteiger partial charge >= 0.3 is 11.9 Å². The zero-order valence-corrected chi connectivity index (χ0v) is 17.8. The first-order chi connectivity index (χ1) is 12.8. The summed E-state index contributed by atoms with van der Waals surface area (Å²) in [6, 6.07) is 7.08. The van der Waals surface area contributed by atoms with Crippen LogP contribution in [0, 0.1) is 11.3 Å². The number of benzene rings is 1. The van der Waals surface area contributed by atoms with E-state index in [1.54, 1.807) is 64.6 Å². The van der Waals surface area contributed by atoms with Crippen LogP contribution in [0.4, 0.5) is 0 Å². The molecule has 0 amide bonds. The lowest BCUT2D eigenvalue weighted by Crippen LogP contribution is -2.39. The maximum absolute atomic E-state index is 12.3. The minimum atomic E-state index is -0.624. The van der Waals surface area contributed by atoms with Crippen LogP contribution in [0.2, 0.25) is 0 Å². The number of hydrogen-bond acceptors (Lipinski definition) is 7. The summed E-state index contributed by atoms with van der Waals surface area (Å²) in [6.45, 7) is 10.8. The number of nitrogens with zero attached hydrogens (tertiary/aromatic N) is 2. The highest BCUT2D eigenvalue weighted by atomic mass is 16.6. The predicted molar refractivity (Wildman–Crippen MR) is 105 cm³/mol. The van der Waals surface area contributed by atoms with Gasteiger partial charge in [0.05, 0.1) is 31.8 Å². The maximum atomic E-state index is 12.3. The van der Waals surface area contributed by atoms with E-state index in [4.69, 9.17) is 19.5 Å². The summed E-state index contributed by atoms with van der Waals surface area (Å²) in [5, 5.41) is 9.05. The molecule has 0 spiro atoms. The largest absolute Gasteiger partial charge is 0.496 e. The van der Waals surface area contributed by atoms with Crippen LogP contribution < -0.4 is 4.74 Å². The zero-order valence-electron chi connectivity index (χ0n) is 17.8. The van der Waals surface area contributed by atoms with Crippen molar-refractivity contribution in [3.05, 3.63) is 29.3 Å². The SMILES string of the molecule is COc1cc(C#N)ccc1CN(CC(=O)OC(C)(C)C)CC(=O)OC(C)(C)C. The Morgan fingerprint density at radius 1 is 1.00 bits per heavy atom. The molecule has 1 rings (SSSR count). The third kappa shape index (κ3) is 8.87. The van der Waals surface area contributed by atoms with Crippen molar-refractivity contribution in [3.63, 3.8) is 0 Å². The lowest BCUT2D eigenvalue weighted by Gasteiger charge is -2.26. The molecule has 0 aliphatic rings. The van der Waals surface area contributed by atoms with Crippen molar-refractivity contribution in [2.45, 2.75) is 59.3 Å². The first-order valence-electron chi connectivity index (χ1n) is 9.06. The van der Waals surface area contributed by atoms with Gasteiger partial charge in [-0.15, -0.1) is 0 Å². The molecule has 0 radical (unpaired) electrons. The molecular weight excluding hydrogens is 360 g/mol. The van der Waals surface area contributed by atoms with Crippen molar-refractivity contribution in [3.8, 4) is 11.8 Å². The monoisotopic (exact) mass is 390 g/mol. The van der Waals surface area contributed by atoms with E-state index in [0.717, 1.165) is 5.56 Å². The fourth-order valence-corrected chi connectivity index (χ4v) is 2.47. The molecule has 7 heteroatoms. The van der Waals surface area contributed by atoms with E-state index >= 15 is 0 Å². The predicted octanol–water partition coefficient (Wildman–Crippen LogP) is 3.05. The van der Waals surface area contributed by atoms with Crippen LogP contribution in [0.15, 0.2) is 18.2 Å². The van der Waals surface area contributed by atoms with Crippen molar-refractivity contribution >= 4 is 11.9 Å². The number of nitriles is 1. The average molecular weight is 390 g/mol. The number of esters is 2. The molecule has 0 atom stereocenters. The average Bonchev–Trinajstić information content (AvgIpc) is 2.51. The second kappa shape index (κ2) is 9.56. The molecule has 0 saturated carbocycles. The molecule has 1 aromatic carbocycles. The van der Waals surface area contributed by atoms with Gasteiger partial charge in [-0.25, -0.2) is 0 Å². The van der Waals surface area contributed by atoms with Gasteiger partial charge in [0, 0.05) is 12.1 Å². The van der Waals surface area contributed by atoms with Gasteiger partial charge in [0.25, 0.3) is 0 Å². The molecule has 7 nitrogen and oxygen atoms in total. The zero-order chi connectivity index (χ0) is 21.5. The topological polar surface area (TPSA) is 88.9 Å². The van der Waals surface area contributed by atoms with E-state index < -0.39 is 23.1 Å². The van der Waals surface area contributed by atoms with Crippen LogP contribution >= 0.6 is 0 Å². The normalized spacial score (nSPS) is 11.7. The van der Waals surface area contributed by atoms with Crippen LogP contribution in [0.25, 0.3) is 0 Å². The Balaban J connectivity index is 3.01. The highest BCUT2D eigenvalue weighted by molar-refractivity contribution is 5.75. The van der Waals surface area contributed by atoms with E-state index in [2.05, 4.69) is 6.07 Å². The minimum Gasteiger partial charge on any atom is -0.496 e. The Kier molecular flexibility index (Phi) is 8.01. The van der Waals surface area contributed by atoms with Crippen molar-refractivity contribution < 1.29 is 23.8 Å². The molecule has 0 aliphatic heterocycles. The summed E-state index contributed by atoms with van der Waals surface area (Å²) in [4.78, 5) is 26.2. The molecule has 154 valence electrons. The highest BCUT2D eigenvalue weighted by Crippen LogP contribution is 2.22. The molecule has 0 bridgehead atoms. The summed E-state index contributed by atoms with van der Waals surface area (Å²) in [7, 11) is 1.51. The Hall–Kier alpha value is -2.59. The number of carbonyl (C=O) groups is 2. The standard InChI is InChI=1S/C21H30N2O5/c1-20(2,3)27-18(24)13-23(14-19(25)28-21(4,5)6)12-16-9-8-15(11-22)10-17(16)26-7/h8-10H,12-14H2,1-7H3. The quantitative estimate of drug-likeness (QED) is 0.661. The molecule has 0 unspecified atom stereocenters. The Bertz CT molecular complexity index is 709. The molecule has 0 N–H and O–H groups in total. The van der Waals surface area contributed by atoms with Gasteiger partial charge in [-0.1, -0.05) is 6.07 Å². The van der Waals surface area contributed by atoms with Crippen molar-refractivity contribution in [2.75, 3.05) is 20.2 Å². The summed E-state index contributed by atoms with van der Waals surface area (Å²) >= 11 is 0. The fourth-order valence-electron chi connectivity index (χ4n) is 2.47. The van der Waals surface area contributed by atoms with E-state index in [1.807, 2.05) is 0 Å². The molecule has 0 heterocycles. The van der Waals surface area contributed by atoms with Gasteiger partial charge in [-0.05, 0) is 53.7 Å². The summed E-state index contributed by atoms with van der Waals surface area (Å²) in [6.07, 6.45) is 0. The number of carbonyl (C=O) groups excluding carboxylic acids is 2. The summed E-state index contributed by atoms with van der Waals surface area (Å²) in [5.41, 5.74) is -0.0400. The van der Waals surface area contributed by atoms with Gasteiger partial charge in [0.2, 0.25) is 0 Å². The summed E-state index contributed by atoms with van der Waals surface area (Å²) < 4.78 is 16.1. The number of rotatable bonds is 7. The van der Waals surface area contributed by atoms with Crippen molar-refractivity contribution in [2.24, 2.45) is 0 Å². The van der Waals surface area contributed by atoms with Gasteiger partial charge in [0.1, 0.15) is 17.0 Å². The molecule has 0 aliphatic carbocycles. The van der Waals surface area contributed by atoms with Crippen LogP contribution in [-0.4, -0.2) is 48.2 Å². The smallest absolute Gasteiger partial charge is 0.320 e. The number of ether oxygens (including phenoxy) is 3. The molecule has 0 fully saturated rings. The minimum absolute atomic E-state index is 0.0837. The molecule has 1 aromatic rings. The third-order valence-corrected chi connectivity index (χ3v) is 3.36. The van der Waals surface area contributed by atoms with Crippen LogP contribution in [0.1, 0.15) is 52.7 Å². The first-order valence-corrected chi connectivity index (χ1v) is 9.06. The Morgan fingerprint density at radius 3 is 1.89 bits per heavy atom. The van der Waals surface area contributed by atoms with Gasteiger partial charge in [-0.3, -0.25) is 14.5 Å². The molecular formula is C21H30N2O5. The Morgan fingerprint density at radius 2 is 1.50 bits per heavy atom. The lowest BCUT2D eigenvalue weighted by atomic mass is 10.1. The maximum Gasteiger partial charge on any atom is 0.320 e. The third-order valence-electron chi connectivity index (χ3n) is 3.36. The van der Waals surface area contributed by atoms with Crippen LogP contribution in [0.3, 0.4) is 0 Å². The van der Waals surface area contributed by atoms with Gasteiger partial charge in [0.15, 0.2) is 0 Å². The first kappa shape index (κ1) is 23.4. The summed E-state index contributed by atoms with van der Waals surface area (Å²) in [5.74, 6) is -0.371. The van der Waals surface area contributed by atoms with Crippen molar-refractivity contribution in [1.82, 2.24) is 4.90 Å². The molecule has 28 heavy (non-hydrogen) atoms. The lowest BCUT2D eigenvalue weighted by molar-refractivity contribution is -0.160. The molecule has 0 aromatic heterocycles. The number of methoxy groups -OCH3 is 1. The fraction of sp³-hybridized carbons (Fsp3) is 0.571. The van der Waals surface area contributed by atoms with E-state index in [1.165, 1.54) is 7.11 Å². The van der Waals surface area contributed by atoms with Crippen molar-refractivity contribution in [1.29, 1.82) is 5.26 Å². The Labute approximate surface area is 167 Å². The van der Waals surface area contributed by atoms with E-state index in [-0.39, 0.29) is 19.6 Å². The number of hydrogen-bond donors (Lipinski definition) is 0. The van der Waals surface area contributed by atoms with Gasteiger partial charge in [-0.2, -0.15) is 5.26 Å².